The van der Waals surface area contributed by atoms with Crippen molar-refractivity contribution in [3.8, 4) is 0 Å². The van der Waals surface area contributed by atoms with Crippen LogP contribution in [0, 0.1) is 0 Å². The summed E-state index contributed by atoms with van der Waals surface area (Å²) in [5.41, 5.74) is -2.77. The van der Waals surface area contributed by atoms with E-state index < -0.39 is 17.1 Å². The van der Waals surface area contributed by atoms with Crippen molar-refractivity contribution in [3.63, 3.8) is 0 Å². The van der Waals surface area contributed by atoms with E-state index >= 15 is 0 Å². The zero-order valence-corrected chi connectivity index (χ0v) is 10.1. The van der Waals surface area contributed by atoms with Gasteiger partial charge in [0.05, 0.1) is 16.1 Å². The number of hydrogen-bond acceptors (Lipinski definition) is 3. The second kappa shape index (κ2) is 4.61. The van der Waals surface area contributed by atoms with Gasteiger partial charge in [-0.3, -0.25) is 4.98 Å². The van der Waals surface area contributed by atoms with Crippen LogP contribution >= 0.6 is 27.9 Å². The summed E-state index contributed by atoms with van der Waals surface area (Å²) in [6.07, 6.45) is 0. The maximum atomic E-state index is 10.7. The zero-order valence-electron chi connectivity index (χ0n) is 7.58. The third-order valence-corrected chi connectivity index (χ3v) is 1.83. The van der Waals surface area contributed by atoms with E-state index in [1.807, 2.05) is 0 Å². The molecular weight excluding hydrogens is 281 g/mol. The monoisotopic (exact) mass is 283 g/mol. The first-order chi connectivity index (χ1) is 5.04. The topological polar surface area (TPSA) is 76.9 Å². The van der Waals surface area contributed by atoms with E-state index in [4.69, 9.17) is 11.8 Å². The molecule has 64 valence electrons. The third-order valence-electron chi connectivity index (χ3n) is 0.906. The summed E-state index contributed by atoms with van der Waals surface area (Å²) in [6.45, 7) is 0. The van der Waals surface area contributed by atoms with Crippen molar-refractivity contribution in [2.24, 2.45) is 0 Å². The van der Waals surface area contributed by atoms with Crippen molar-refractivity contribution in [3.05, 3.63) is 31.5 Å². The Morgan fingerprint density at radius 2 is 1.83 bits per heavy atom. The van der Waals surface area contributed by atoms with Crippen LogP contribution < -0.4 is 17.1 Å². The Morgan fingerprint density at radius 1 is 1.33 bits per heavy atom. The van der Waals surface area contributed by atoms with Crippen molar-refractivity contribution in [2.75, 3.05) is 0 Å². The minimum atomic E-state index is -0.961. The average molecular weight is 285 g/mol. The van der Waals surface area contributed by atoms with Gasteiger partial charge in [-0.25, -0.2) is 14.4 Å². The van der Waals surface area contributed by atoms with Gasteiger partial charge in [-0.15, -0.1) is 0 Å². The van der Waals surface area contributed by atoms with Gasteiger partial charge < -0.3 is 2.85 Å². The first kappa shape index (κ1) is 12.4. The van der Waals surface area contributed by atoms with Crippen LogP contribution in [0.15, 0.2) is 14.4 Å². The Labute approximate surface area is 112 Å². The molecule has 0 aliphatic heterocycles. The molecule has 12 heavy (non-hydrogen) atoms. The molecule has 9 heteroatoms. The zero-order chi connectivity index (χ0) is 8.59. The molecule has 0 spiro atoms. The molecular formula is C3H3BrCaClN3O3. The molecule has 1 aromatic rings. The summed E-state index contributed by atoms with van der Waals surface area (Å²) in [5.74, 6) is 0. The summed E-state index contributed by atoms with van der Waals surface area (Å²) in [5, 5.41) is 0. The largest absolute Gasteiger partial charge is 2.00 e. The molecule has 0 aromatic carbocycles. The van der Waals surface area contributed by atoms with E-state index in [2.05, 4.69) is 16.1 Å². The van der Waals surface area contributed by atoms with Crippen LogP contribution in [0.2, 0.25) is 0 Å². The summed E-state index contributed by atoms with van der Waals surface area (Å²) in [6, 6.07) is 0. The first-order valence-electron chi connectivity index (χ1n) is 2.34. The van der Waals surface area contributed by atoms with Crippen LogP contribution in [-0.4, -0.2) is 50.4 Å². The smallest absolute Gasteiger partial charge is 1.00 e. The van der Waals surface area contributed by atoms with E-state index in [-0.39, 0.29) is 44.7 Å². The molecule has 0 radical (unpaired) electrons. The van der Waals surface area contributed by atoms with Crippen LogP contribution in [0.5, 0.6) is 0 Å². The van der Waals surface area contributed by atoms with E-state index in [9.17, 15) is 14.4 Å². The van der Waals surface area contributed by atoms with Crippen LogP contribution in [0.25, 0.3) is 0 Å². The number of aromatic amines is 1. The molecule has 0 amide bonds. The average Bonchev–Trinajstić information content (AvgIpc) is 1.97. The van der Waals surface area contributed by atoms with Crippen molar-refractivity contribution >= 4 is 65.7 Å². The molecule has 0 fully saturated rings. The molecule has 0 saturated carbocycles. The second-order valence-electron chi connectivity index (χ2n) is 1.58. The van der Waals surface area contributed by atoms with Gasteiger partial charge in [-0.2, -0.15) is 7.68 Å². The number of halogens is 2. The van der Waals surface area contributed by atoms with E-state index in [1.54, 1.807) is 4.98 Å². The Bertz CT molecular complexity index is 418. The van der Waals surface area contributed by atoms with Gasteiger partial charge in [-0.1, -0.05) is 0 Å². The number of aromatic nitrogens is 3. The Morgan fingerprint density at radius 3 is 2.33 bits per heavy atom. The molecule has 0 aliphatic carbocycles. The maximum Gasteiger partial charge on any atom is 2.00 e. The summed E-state index contributed by atoms with van der Waals surface area (Å²) in [4.78, 5) is 33.7. The molecule has 0 atom stereocenters. The molecule has 0 unspecified atom stereocenters. The number of H-pyrrole nitrogens is 1. The summed E-state index contributed by atoms with van der Waals surface area (Å²) in [7, 11) is 0. The molecule has 0 saturated heterocycles. The van der Waals surface area contributed by atoms with Gasteiger partial charge in [-0.05, 0) is 0 Å². The molecule has 1 N–H and O–H groups in total. The van der Waals surface area contributed by atoms with Crippen LogP contribution in [0.3, 0.4) is 0 Å². The van der Waals surface area contributed by atoms with E-state index in [0.717, 1.165) is 0 Å². The fraction of sp³-hybridized carbons (Fsp3) is 0. The van der Waals surface area contributed by atoms with Gasteiger partial charge in [0.2, 0.25) is 0 Å². The van der Waals surface area contributed by atoms with Crippen LogP contribution in [0.4, 0.5) is 0 Å². The Kier molecular flexibility index (Phi) is 4.78. The van der Waals surface area contributed by atoms with Gasteiger partial charge in [0.1, 0.15) is 0 Å². The van der Waals surface area contributed by atoms with Crippen LogP contribution in [-0.2, 0) is 0 Å². The first-order valence-corrected chi connectivity index (χ1v) is 3.39. The normalized spacial score (nSPS) is 9.17. The van der Waals surface area contributed by atoms with Gasteiger partial charge in [0.15, 0.2) is 0 Å². The SMILES string of the molecule is O=c1[nH]c(=O)n(Br)c(=O)n1Cl.[Ca+2].[H-].[H-]. The fourth-order valence-electron chi connectivity index (χ4n) is 0.440. The predicted octanol–water partition coefficient (Wildman–Crippen LogP) is -1.30. The molecule has 0 bridgehead atoms. The standard InChI is InChI=1S/C3HBrClN3O3.Ca.2H/c4-7-1(9)6-2(10)8(5)3(7)11;;;/h(H,6,9,10);;;/q;+2;2*-1. The number of hydrogen-bond donors (Lipinski definition) is 1. The number of nitrogens with zero attached hydrogens (tertiary/aromatic N) is 2. The number of nitrogens with one attached hydrogen (secondary N) is 1. The van der Waals surface area contributed by atoms with E-state index in [0.29, 0.717) is 3.59 Å². The van der Waals surface area contributed by atoms with E-state index in [1.165, 1.54) is 0 Å². The predicted molar refractivity (Wildman–Crippen MR) is 49.1 cm³/mol. The van der Waals surface area contributed by atoms with Crippen molar-refractivity contribution in [2.45, 2.75) is 0 Å². The minimum Gasteiger partial charge on any atom is -1.00 e. The van der Waals surface area contributed by atoms with Crippen molar-refractivity contribution in [1.82, 2.24) is 12.7 Å². The Balaban J connectivity index is -0.000000403. The molecule has 1 heterocycles. The quantitative estimate of drug-likeness (QED) is 0.602. The molecule has 1 aromatic heterocycles. The maximum absolute atomic E-state index is 10.7. The molecule has 6 nitrogen and oxygen atoms in total. The van der Waals surface area contributed by atoms with Crippen molar-refractivity contribution in [1.29, 1.82) is 0 Å². The fourth-order valence-corrected chi connectivity index (χ4v) is 0.897. The second-order valence-corrected chi connectivity index (χ2v) is 2.63. The number of rotatable bonds is 0. The van der Waals surface area contributed by atoms with Gasteiger partial charge in [0.25, 0.3) is 0 Å². The molecule has 0 aliphatic rings. The molecule has 1 rings (SSSR count). The van der Waals surface area contributed by atoms with Crippen LogP contribution in [0.1, 0.15) is 2.85 Å². The van der Waals surface area contributed by atoms with Gasteiger partial charge in [0, 0.05) is 11.8 Å². The third kappa shape index (κ3) is 2.23. The van der Waals surface area contributed by atoms with Gasteiger partial charge >= 0.3 is 54.8 Å². The van der Waals surface area contributed by atoms with Crippen molar-refractivity contribution < 1.29 is 2.85 Å². The minimum absolute atomic E-state index is 0. The summed E-state index contributed by atoms with van der Waals surface area (Å²) >= 11 is 7.71. The Hall–Kier alpha value is 0.440. The summed E-state index contributed by atoms with van der Waals surface area (Å²) < 4.78 is 0.748.